The highest BCUT2D eigenvalue weighted by Crippen LogP contribution is 2.23. The lowest BCUT2D eigenvalue weighted by Crippen LogP contribution is -2.45. The molecule has 1 aromatic heterocycles. The molecule has 0 radical (unpaired) electrons. The minimum Gasteiger partial charge on any atom is -0.358 e. The van der Waals surface area contributed by atoms with Gasteiger partial charge in [0, 0.05) is 12.6 Å². The summed E-state index contributed by atoms with van der Waals surface area (Å²) in [5, 5.41) is 3.11. The maximum Gasteiger partial charge on any atom is 0.334 e. The summed E-state index contributed by atoms with van der Waals surface area (Å²) in [6.07, 6.45) is 0.946. The van der Waals surface area contributed by atoms with Crippen LogP contribution in [-0.2, 0) is 6.54 Å². The van der Waals surface area contributed by atoms with E-state index in [9.17, 15) is 14.0 Å². The molecule has 0 fully saturated rings. The molecule has 0 unspecified atom stereocenters. The molecule has 122 valence electrons. The third-order valence-electron chi connectivity index (χ3n) is 4.33. The summed E-state index contributed by atoms with van der Waals surface area (Å²) in [6, 6.07) is 6.30. The number of fused-ring (bicyclic) bond motifs is 1. The third-order valence-corrected chi connectivity index (χ3v) is 4.33. The Kier molecular flexibility index (Phi) is 4.04. The van der Waals surface area contributed by atoms with Crippen molar-refractivity contribution < 1.29 is 4.39 Å². The van der Waals surface area contributed by atoms with Crippen molar-refractivity contribution in [2.45, 2.75) is 32.9 Å². The molecule has 6 nitrogen and oxygen atoms in total. The molecule has 1 atom stereocenters. The lowest BCUT2D eigenvalue weighted by atomic mass is 10.1. The fraction of sp³-hybridized carbons (Fsp3) is 0.375. The summed E-state index contributed by atoms with van der Waals surface area (Å²) < 4.78 is 15.3. The number of aromatic amines is 1. The average Bonchev–Trinajstić information content (AvgIpc) is 2.55. The summed E-state index contributed by atoms with van der Waals surface area (Å²) in [5.41, 5.74) is -0.518. The van der Waals surface area contributed by atoms with Crippen LogP contribution in [0.3, 0.4) is 0 Å². The molecule has 1 aromatic carbocycles. The van der Waals surface area contributed by atoms with Gasteiger partial charge in [-0.3, -0.25) is 14.7 Å². The van der Waals surface area contributed by atoms with Crippen LogP contribution in [0.5, 0.6) is 0 Å². The summed E-state index contributed by atoms with van der Waals surface area (Å²) in [7, 11) is 0. The minimum absolute atomic E-state index is 0.120. The van der Waals surface area contributed by atoms with Gasteiger partial charge in [-0.2, -0.15) is 0 Å². The average molecular weight is 318 g/mol. The number of halogens is 1. The lowest BCUT2D eigenvalue weighted by Gasteiger charge is -2.34. The lowest BCUT2D eigenvalue weighted by molar-refractivity contribution is 0.200. The Hall–Kier alpha value is -2.41. The zero-order valence-electron chi connectivity index (χ0n) is 13.1. The van der Waals surface area contributed by atoms with Crippen molar-refractivity contribution in [3.8, 4) is 5.69 Å². The van der Waals surface area contributed by atoms with Gasteiger partial charge < -0.3 is 5.32 Å². The van der Waals surface area contributed by atoms with Gasteiger partial charge in [0.15, 0.2) is 0 Å². The van der Waals surface area contributed by atoms with E-state index in [1.807, 2.05) is 0 Å². The number of anilines is 1. The number of para-hydroxylation sites is 1. The molecule has 0 bridgehead atoms. The van der Waals surface area contributed by atoms with Gasteiger partial charge >= 0.3 is 5.69 Å². The maximum atomic E-state index is 14.1. The van der Waals surface area contributed by atoms with E-state index in [0.29, 0.717) is 30.6 Å². The first-order chi connectivity index (χ1) is 11.0. The molecule has 0 saturated heterocycles. The zero-order chi connectivity index (χ0) is 16.6. The Morgan fingerprint density at radius 1 is 1.30 bits per heavy atom. The van der Waals surface area contributed by atoms with E-state index in [0.717, 1.165) is 6.42 Å². The van der Waals surface area contributed by atoms with Gasteiger partial charge in [-0.15, -0.1) is 0 Å². The van der Waals surface area contributed by atoms with Gasteiger partial charge in [-0.05, 0) is 25.5 Å². The van der Waals surface area contributed by atoms with Crippen molar-refractivity contribution in [3.63, 3.8) is 0 Å². The number of nitrogens with one attached hydrogen (secondary N) is 2. The van der Waals surface area contributed by atoms with Crippen LogP contribution in [0.15, 0.2) is 33.9 Å². The van der Waals surface area contributed by atoms with Crippen molar-refractivity contribution in [1.29, 1.82) is 0 Å². The van der Waals surface area contributed by atoms with Gasteiger partial charge in [-0.1, -0.05) is 19.1 Å². The normalized spacial score (nSPS) is 15.8. The molecule has 0 saturated carbocycles. The van der Waals surface area contributed by atoms with Crippen molar-refractivity contribution in [3.05, 3.63) is 56.5 Å². The van der Waals surface area contributed by atoms with E-state index in [-0.39, 0.29) is 5.69 Å². The smallest absolute Gasteiger partial charge is 0.334 e. The number of benzene rings is 1. The van der Waals surface area contributed by atoms with Crippen LogP contribution in [0.2, 0.25) is 0 Å². The highest BCUT2D eigenvalue weighted by Gasteiger charge is 2.26. The van der Waals surface area contributed by atoms with Gasteiger partial charge in [0.05, 0.1) is 17.9 Å². The second-order valence-corrected chi connectivity index (χ2v) is 5.71. The molecule has 7 heteroatoms. The van der Waals surface area contributed by atoms with E-state index in [1.54, 1.807) is 12.1 Å². The second-order valence-electron chi connectivity index (χ2n) is 5.71. The molecule has 0 amide bonds. The summed E-state index contributed by atoms with van der Waals surface area (Å²) in [4.78, 5) is 28.8. The van der Waals surface area contributed by atoms with Gasteiger partial charge in [0.25, 0.3) is 5.56 Å². The fourth-order valence-corrected chi connectivity index (χ4v) is 2.77. The van der Waals surface area contributed by atoms with Crippen molar-refractivity contribution in [1.82, 2.24) is 14.5 Å². The molecule has 0 spiro atoms. The Labute approximate surface area is 132 Å². The number of aromatic nitrogens is 2. The third kappa shape index (κ3) is 2.68. The molecule has 2 N–H and O–H groups in total. The molecule has 0 aliphatic carbocycles. The summed E-state index contributed by atoms with van der Waals surface area (Å²) in [6.45, 7) is 5.07. The minimum atomic E-state index is -0.650. The molecular weight excluding hydrogens is 299 g/mol. The maximum absolute atomic E-state index is 14.1. The van der Waals surface area contributed by atoms with Gasteiger partial charge in [0.1, 0.15) is 11.6 Å². The highest BCUT2D eigenvalue weighted by atomic mass is 19.1. The van der Waals surface area contributed by atoms with Crippen molar-refractivity contribution >= 4 is 5.82 Å². The fourth-order valence-electron chi connectivity index (χ4n) is 2.77. The first kappa shape index (κ1) is 15.5. The first-order valence-electron chi connectivity index (χ1n) is 7.64. The van der Waals surface area contributed by atoms with Crippen LogP contribution in [0, 0.1) is 5.82 Å². The van der Waals surface area contributed by atoms with Crippen molar-refractivity contribution in [2.75, 3.05) is 12.0 Å². The van der Waals surface area contributed by atoms with Crippen LogP contribution in [0.25, 0.3) is 5.69 Å². The number of H-pyrrole nitrogens is 1. The molecule has 1 aliphatic heterocycles. The number of hydrogen-bond donors (Lipinski definition) is 2. The number of nitrogens with zero attached hydrogens (tertiary/aromatic N) is 2. The van der Waals surface area contributed by atoms with E-state index in [1.165, 1.54) is 16.7 Å². The van der Waals surface area contributed by atoms with Gasteiger partial charge in [0.2, 0.25) is 0 Å². The second kappa shape index (κ2) is 6.00. The van der Waals surface area contributed by atoms with Crippen LogP contribution in [-0.4, -0.2) is 27.2 Å². The van der Waals surface area contributed by atoms with Crippen LogP contribution in [0.4, 0.5) is 10.2 Å². The summed E-state index contributed by atoms with van der Waals surface area (Å²) >= 11 is 0. The summed E-state index contributed by atoms with van der Waals surface area (Å²) in [5.74, 6) is -0.154. The van der Waals surface area contributed by atoms with Crippen LogP contribution >= 0.6 is 0 Å². The standard InChI is InChI=1S/C16H19FN4O2/c1-3-10(2)20-8-11-14(18-9-20)21(16(23)19-15(11)22)13-7-5-4-6-12(13)17/h4-7,10,18H,3,8-9H2,1-2H3,(H,19,22,23)/t10-/m1/s1. The van der Waals surface area contributed by atoms with Crippen LogP contribution in [0.1, 0.15) is 25.8 Å². The molecule has 2 aromatic rings. The van der Waals surface area contributed by atoms with Crippen LogP contribution < -0.4 is 16.6 Å². The molecule has 2 heterocycles. The quantitative estimate of drug-likeness (QED) is 0.903. The topological polar surface area (TPSA) is 70.1 Å². The van der Waals surface area contributed by atoms with Crippen molar-refractivity contribution in [2.24, 2.45) is 0 Å². The van der Waals surface area contributed by atoms with E-state index < -0.39 is 17.1 Å². The van der Waals surface area contributed by atoms with E-state index >= 15 is 0 Å². The molecule has 3 rings (SSSR count). The molecular formula is C16H19FN4O2. The Balaban J connectivity index is 2.17. The number of rotatable bonds is 3. The van der Waals surface area contributed by atoms with E-state index in [2.05, 4.69) is 29.0 Å². The number of hydrogen-bond acceptors (Lipinski definition) is 4. The predicted molar refractivity (Wildman–Crippen MR) is 86.4 cm³/mol. The van der Waals surface area contributed by atoms with Gasteiger partial charge in [-0.25, -0.2) is 13.8 Å². The Bertz CT molecular complexity index is 843. The van der Waals surface area contributed by atoms with E-state index in [4.69, 9.17) is 0 Å². The zero-order valence-corrected chi connectivity index (χ0v) is 13.1. The Morgan fingerprint density at radius 2 is 2.04 bits per heavy atom. The monoisotopic (exact) mass is 318 g/mol. The largest absolute Gasteiger partial charge is 0.358 e. The first-order valence-corrected chi connectivity index (χ1v) is 7.64. The Morgan fingerprint density at radius 3 is 2.74 bits per heavy atom. The molecule has 23 heavy (non-hydrogen) atoms. The molecule has 1 aliphatic rings. The predicted octanol–water partition coefficient (Wildman–Crippen LogP) is 1.65. The highest BCUT2D eigenvalue weighted by molar-refractivity contribution is 5.52. The SMILES string of the molecule is CC[C@@H](C)N1CNc2c(c(=O)[nH]c(=O)n2-c2ccccc2F)C1.